The van der Waals surface area contributed by atoms with E-state index >= 15 is 0 Å². The second-order valence-corrected chi connectivity index (χ2v) is 5.49. The fourth-order valence-corrected chi connectivity index (χ4v) is 2.24. The largest absolute Gasteiger partial charge is 0.287 e. The lowest BCUT2D eigenvalue weighted by molar-refractivity contribution is 0.103. The van der Waals surface area contributed by atoms with Crippen LogP contribution in [0.15, 0.2) is 60.8 Å². The molecule has 0 N–H and O–H groups in total. The zero-order valence-electron chi connectivity index (χ0n) is 12.6. The molecule has 1 heterocycles. The first-order valence-electron chi connectivity index (χ1n) is 7.27. The third-order valence-corrected chi connectivity index (χ3v) is 3.59. The molecule has 0 radical (unpaired) electrons. The summed E-state index contributed by atoms with van der Waals surface area (Å²) in [5, 5.41) is 8.04. The predicted octanol–water partition coefficient (Wildman–Crippen LogP) is 3.62. The van der Waals surface area contributed by atoms with E-state index in [9.17, 15) is 4.79 Å². The van der Waals surface area contributed by atoms with Crippen molar-refractivity contribution in [1.82, 2.24) is 15.0 Å². The first-order valence-corrected chi connectivity index (χ1v) is 7.27. The highest BCUT2D eigenvalue weighted by atomic mass is 16.1. The van der Waals surface area contributed by atoms with Crippen LogP contribution in [-0.4, -0.2) is 20.8 Å². The standard InChI is InChI=1S/C18H17N3O/c1-13(2)14-8-10-16(11-9-14)21-12-17(19-20-21)18(22)15-6-4-3-5-7-15/h3-13H,1-2H3. The molecule has 110 valence electrons. The molecule has 0 amide bonds. The van der Waals surface area contributed by atoms with Crippen LogP contribution in [-0.2, 0) is 0 Å². The highest BCUT2D eigenvalue weighted by molar-refractivity contribution is 6.07. The van der Waals surface area contributed by atoms with Gasteiger partial charge in [0.15, 0.2) is 5.69 Å². The van der Waals surface area contributed by atoms with E-state index < -0.39 is 0 Å². The molecule has 4 heteroatoms. The van der Waals surface area contributed by atoms with Gasteiger partial charge in [-0.2, -0.15) is 0 Å². The normalized spacial score (nSPS) is 10.9. The quantitative estimate of drug-likeness (QED) is 0.690. The molecule has 0 atom stereocenters. The SMILES string of the molecule is CC(C)c1ccc(-n2cc(C(=O)c3ccccc3)nn2)cc1. The van der Waals surface area contributed by atoms with E-state index in [0.29, 0.717) is 17.2 Å². The third-order valence-electron chi connectivity index (χ3n) is 3.59. The van der Waals surface area contributed by atoms with E-state index in [1.807, 2.05) is 30.3 Å². The molecule has 0 unspecified atom stereocenters. The van der Waals surface area contributed by atoms with Crippen molar-refractivity contribution in [3.63, 3.8) is 0 Å². The fraction of sp³-hybridized carbons (Fsp3) is 0.167. The van der Waals surface area contributed by atoms with E-state index in [2.05, 4.69) is 36.3 Å². The Hall–Kier alpha value is -2.75. The number of carbonyl (C=O) groups is 1. The molecule has 3 rings (SSSR count). The summed E-state index contributed by atoms with van der Waals surface area (Å²) in [6, 6.07) is 17.2. The highest BCUT2D eigenvalue weighted by Gasteiger charge is 2.13. The highest BCUT2D eigenvalue weighted by Crippen LogP contribution is 2.17. The zero-order chi connectivity index (χ0) is 15.5. The van der Waals surface area contributed by atoms with Crippen molar-refractivity contribution in [3.05, 3.63) is 77.6 Å². The van der Waals surface area contributed by atoms with E-state index in [4.69, 9.17) is 0 Å². The Balaban J connectivity index is 1.86. The van der Waals surface area contributed by atoms with Crippen LogP contribution in [0.5, 0.6) is 0 Å². The molecule has 0 bridgehead atoms. The molecule has 4 nitrogen and oxygen atoms in total. The molecular weight excluding hydrogens is 274 g/mol. The van der Waals surface area contributed by atoms with Gasteiger partial charge in [-0.05, 0) is 23.6 Å². The van der Waals surface area contributed by atoms with Crippen molar-refractivity contribution < 1.29 is 4.79 Å². The summed E-state index contributed by atoms with van der Waals surface area (Å²) in [7, 11) is 0. The van der Waals surface area contributed by atoms with Crippen LogP contribution in [0.3, 0.4) is 0 Å². The van der Waals surface area contributed by atoms with Crippen molar-refractivity contribution in [1.29, 1.82) is 0 Å². The smallest absolute Gasteiger partial charge is 0.214 e. The number of hydrogen-bond donors (Lipinski definition) is 0. The van der Waals surface area contributed by atoms with Gasteiger partial charge in [0.1, 0.15) is 0 Å². The molecule has 0 fully saturated rings. The molecule has 0 aliphatic carbocycles. The van der Waals surface area contributed by atoms with Crippen LogP contribution >= 0.6 is 0 Å². The topological polar surface area (TPSA) is 47.8 Å². The fourth-order valence-electron chi connectivity index (χ4n) is 2.24. The lowest BCUT2D eigenvalue weighted by Crippen LogP contribution is -2.01. The summed E-state index contributed by atoms with van der Waals surface area (Å²) < 4.78 is 1.63. The monoisotopic (exact) mass is 291 g/mol. The minimum absolute atomic E-state index is 0.120. The van der Waals surface area contributed by atoms with Crippen LogP contribution in [0.1, 0.15) is 41.4 Å². The second-order valence-electron chi connectivity index (χ2n) is 5.49. The van der Waals surface area contributed by atoms with Gasteiger partial charge in [-0.15, -0.1) is 5.10 Å². The minimum atomic E-state index is -0.120. The molecule has 22 heavy (non-hydrogen) atoms. The Morgan fingerprint density at radius 3 is 2.32 bits per heavy atom. The lowest BCUT2D eigenvalue weighted by Gasteiger charge is -2.06. The first kappa shape index (κ1) is 14.2. The maximum atomic E-state index is 12.3. The molecule has 1 aromatic heterocycles. The average Bonchev–Trinajstić information content (AvgIpc) is 3.05. The molecular formula is C18H17N3O. The number of ketones is 1. The van der Waals surface area contributed by atoms with Crippen LogP contribution in [0, 0.1) is 0 Å². The Bertz CT molecular complexity index is 774. The van der Waals surface area contributed by atoms with Gasteiger partial charge in [-0.3, -0.25) is 4.79 Å². The lowest BCUT2D eigenvalue weighted by atomic mass is 10.0. The Labute approximate surface area is 129 Å². The molecule has 0 saturated carbocycles. The van der Waals surface area contributed by atoms with Crippen molar-refractivity contribution in [2.24, 2.45) is 0 Å². The Kier molecular flexibility index (Phi) is 3.83. The average molecular weight is 291 g/mol. The number of carbonyl (C=O) groups excluding carboxylic acids is 1. The van der Waals surface area contributed by atoms with Gasteiger partial charge in [0.25, 0.3) is 0 Å². The van der Waals surface area contributed by atoms with Crippen molar-refractivity contribution in [2.45, 2.75) is 19.8 Å². The number of rotatable bonds is 4. The summed E-state index contributed by atoms with van der Waals surface area (Å²) in [5.41, 5.74) is 3.12. The van der Waals surface area contributed by atoms with E-state index in [-0.39, 0.29) is 5.78 Å². The molecule has 3 aromatic rings. The predicted molar refractivity (Wildman–Crippen MR) is 85.3 cm³/mol. The molecule has 0 spiro atoms. The summed E-state index contributed by atoms with van der Waals surface area (Å²) in [6.07, 6.45) is 1.67. The summed E-state index contributed by atoms with van der Waals surface area (Å²) in [4.78, 5) is 12.3. The van der Waals surface area contributed by atoms with E-state index in [0.717, 1.165) is 5.69 Å². The van der Waals surface area contributed by atoms with Crippen molar-refractivity contribution in [3.8, 4) is 5.69 Å². The van der Waals surface area contributed by atoms with Gasteiger partial charge in [-0.1, -0.05) is 61.5 Å². The van der Waals surface area contributed by atoms with Crippen LogP contribution in [0.25, 0.3) is 5.69 Å². The molecule has 0 aliphatic heterocycles. The number of nitrogens with zero attached hydrogens (tertiary/aromatic N) is 3. The van der Waals surface area contributed by atoms with Gasteiger partial charge >= 0.3 is 0 Å². The molecule has 2 aromatic carbocycles. The Morgan fingerprint density at radius 1 is 1.00 bits per heavy atom. The third kappa shape index (κ3) is 2.81. The van der Waals surface area contributed by atoms with E-state index in [1.165, 1.54) is 5.56 Å². The summed E-state index contributed by atoms with van der Waals surface area (Å²) in [6.45, 7) is 4.31. The number of benzene rings is 2. The zero-order valence-corrected chi connectivity index (χ0v) is 12.6. The number of aromatic nitrogens is 3. The van der Waals surface area contributed by atoms with Gasteiger partial charge in [0.2, 0.25) is 5.78 Å². The van der Waals surface area contributed by atoms with Crippen LogP contribution in [0.4, 0.5) is 0 Å². The van der Waals surface area contributed by atoms with Crippen LogP contribution in [0.2, 0.25) is 0 Å². The summed E-state index contributed by atoms with van der Waals surface area (Å²) in [5.74, 6) is 0.366. The van der Waals surface area contributed by atoms with Crippen molar-refractivity contribution >= 4 is 5.78 Å². The van der Waals surface area contributed by atoms with Gasteiger partial charge in [0, 0.05) is 5.56 Å². The summed E-state index contributed by atoms with van der Waals surface area (Å²) >= 11 is 0. The first-order chi connectivity index (χ1) is 10.6. The maximum absolute atomic E-state index is 12.3. The number of hydrogen-bond acceptors (Lipinski definition) is 3. The molecule has 0 saturated heterocycles. The molecule has 0 aliphatic rings. The van der Waals surface area contributed by atoms with E-state index in [1.54, 1.807) is 23.0 Å². The van der Waals surface area contributed by atoms with Crippen molar-refractivity contribution in [2.75, 3.05) is 0 Å². The van der Waals surface area contributed by atoms with Gasteiger partial charge in [-0.25, -0.2) is 4.68 Å². The van der Waals surface area contributed by atoms with Crippen LogP contribution < -0.4 is 0 Å². The van der Waals surface area contributed by atoms with Gasteiger partial charge < -0.3 is 0 Å². The Morgan fingerprint density at radius 2 is 1.68 bits per heavy atom. The minimum Gasteiger partial charge on any atom is -0.287 e. The van der Waals surface area contributed by atoms with Gasteiger partial charge in [0.05, 0.1) is 11.9 Å². The maximum Gasteiger partial charge on any atom is 0.214 e. The second kappa shape index (κ2) is 5.93.